The van der Waals surface area contributed by atoms with Gasteiger partial charge in [0.1, 0.15) is 5.75 Å². The molecule has 0 fully saturated rings. The summed E-state index contributed by atoms with van der Waals surface area (Å²) in [6.07, 6.45) is 0. The molecule has 3 heteroatoms. The molecule has 0 aliphatic carbocycles. The molecular formula is C17H20ClNO. The van der Waals surface area contributed by atoms with Gasteiger partial charge in [-0.15, -0.1) is 11.6 Å². The summed E-state index contributed by atoms with van der Waals surface area (Å²) in [6, 6.07) is 7.99. The molecule has 2 aromatic rings. The van der Waals surface area contributed by atoms with E-state index in [1.54, 1.807) is 0 Å². The summed E-state index contributed by atoms with van der Waals surface area (Å²) >= 11 is 6.44. The Bertz CT molecular complexity index is 666. The molecule has 106 valence electrons. The van der Waals surface area contributed by atoms with Gasteiger partial charge >= 0.3 is 0 Å². The predicted molar refractivity (Wildman–Crippen MR) is 86.3 cm³/mol. The SMILES string of the molecule is CCN1C[C@@H]([C@@H](C)Cl)c2c1cc(O)c1cccc(C)c21. The zero-order valence-electron chi connectivity index (χ0n) is 12.2. The maximum atomic E-state index is 10.3. The Hall–Kier alpha value is -1.41. The van der Waals surface area contributed by atoms with Crippen LogP contribution >= 0.6 is 11.6 Å². The molecule has 1 aliphatic heterocycles. The molecule has 0 spiro atoms. The van der Waals surface area contributed by atoms with E-state index in [4.69, 9.17) is 11.6 Å². The third-order valence-electron chi connectivity index (χ3n) is 4.43. The second-order valence-electron chi connectivity index (χ2n) is 5.65. The van der Waals surface area contributed by atoms with Crippen molar-refractivity contribution >= 4 is 28.1 Å². The Morgan fingerprint density at radius 1 is 1.45 bits per heavy atom. The number of nitrogens with zero attached hydrogens (tertiary/aromatic N) is 1. The summed E-state index contributed by atoms with van der Waals surface area (Å²) in [7, 11) is 0. The number of halogens is 1. The van der Waals surface area contributed by atoms with Crippen molar-refractivity contribution in [2.75, 3.05) is 18.0 Å². The predicted octanol–water partition coefficient (Wildman–Crippen LogP) is 4.40. The molecule has 2 nitrogen and oxygen atoms in total. The van der Waals surface area contributed by atoms with Crippen molar-refractivity contribution < 1.29 is 5.11 Å². The number of anilines is 1. The van der Waals surface area contributed by atoms with Crippen molar-refractivity contribution in [1.29, 1.82) is 0 Å². The average Bonchev–Trinajstić information content (AvgIpc) is 2.77. The highest BCUT2D eigenvalue weighted by atomic mass is 35.5. The summed E-state index contributed by atoms with van der Waals surface area (Å²) in [5.41, 5.74) is 3.65. The van der Waals surface area contributed by atoms with Crippen LogP contribution in [0.2, 0.25) is 0 Å². The summed E-state index contributed by atoms with van der Waals surface area (Å²) in [6.45, 7) is 8.18. The summed E-state index contributed by atoms with van der Waals surface area (Å²) in [5, 5.41) is 12.5. The highest BCUT2D eigenvalue weighted by molar-refractivity contribution is 6.21. The summed E-state index contributed by atoms with van der Waals surface area (Å²) < 4.78 is 0. The number of rotatable bonds is 2. The van der Waals surface area contributed by atoms with E-state index in [0.717, 1.165) is 24.2 Å². The van der Waals surface area contributed by atoms with E-state index < -0.39 is 0 Å². The van der Waals surface area contributed by atoms with Crippen LogP contribution in [0, 0.1) is 6.92 Å². The quantitative estimate of drug-likeness (QED) is 0.828. The molecule has 0 saturated heterocycles. The summed E-state index contributed by atoms with van der Waals surface area (Å²) in [5.74, 6) is 0.680. The number of alkyl halides is 1. The maximum absolute atomic E-state index is 10.3. The lowest BCUT2D eigenvalue weighted by Crippen LogP contribution is -2.23. The zero-order valence-corrected chi connectivity index (χ0v) is 12.9. The number of hydrogen-bond acceptors (Lipinski definition) is 2. The van der Waals surface area contributed by atoms with E-state index in [0.29, 0.717) is 11.7 Å². The minimum atomic E-state index is 0.0812. The Balaban J connectivity index is 2.38. The van der Waals surface area contributed by atoms with Crippen molar-refractivity contribution in [3.8, 4) is 5.75 Å². The lowest BCUT2D eigenvalue weighted by Gasteiger charge is -2.18. The van der Waals surface area contributed by atoms with Crippen LogP contribution in [-0.2, 0) is 0 Å². The van der Waals surface area contributed by atoms with E-state index in [2.05, 4.69) is 31.7 Å². The topological polar surface area (TPSA) is 23.5 Å². The lowest BCUT2D eigenvalue weighted by molar-refractivity contribution is 0.481. The fourth-order valence-electron chi connectivity index (χ4n) is 3.39. The lowest BCUT2D eigenvalue weighted by atomic mass is 9.90. The molecule has 2 aromatic carbocycles. The first kappa shape index (κ1) is 13.6. The summed E-state index contributed by atoms with van der Waals surface area (Å²) in [4.78, 5) is 2.31. The van der Waals surface area contributed by atoms with Crippen LogP contribution in [0.25, 0.3) is 10.8 Å². The number of aryl methyl sites for hydroxylation is 1. The largest absolute Gasteiger partial charge is 0.507 e. The third-order valence-corrected chi connectivity index (χ3v) is 4.74. The first-order valence-corrected chi connectivity index (χ1v) is 7.62. The van der Waals surface area contributed by atoms with Crippen LogP contribution in [-0.4, -0.2) is 23.6 Å². The van der Waals surface area contributed by atoms with E-state index >= 15 is 0 Å². The molecule has 0 bridgehead atoms. The number of phenols is 1. The van der Waals surface area contributed by atoms with Crippen molar-refractivity contribution in [1.82, 2.24) is 0 Å². The van der Waals surface area contributed by atoms with E-state index in [9.17, 15) is 5.11 Å². The van der Waals surface area contributed by atoms with E-state index in [1.807, 2.05) is 18.2 Å². The average molecular weight is 290 g/mol. The fraction of sp³-hybridized carbons (Fsp3) is 0.412. The first-order valence-electron chi connectivity index (χ1n) is 7.18. The number of fused-ring (bicyclic) bond motifs is 3. The third kappa shape index (κ3) is 1.86. The molecule has 0 radical (unpaired) electrons. The van der Waals surface area contributed by atoms with Gasteiger partial charge in [-0.2, -0.15) is 0 Å². The molecule has 1 N–H and O–H groups in total. The van der Waals surface area contributed by atoms with Crippen molar-refractivity contribution in [3.05, 3.63) is 35.4 Å². The van der Waals surface area contributed by atoms with Crippen LogP contribution in [0.3, 0.4) is 0 Å². The van der Waals surface area contributed by atoms with E-state index in [-0.39, 0.29) is 5.38 Å². The number of likely N-dealkylation sites (N-methyl/N-ethyl adjacent to an activating group) is 1. The molecule has 2 atom stereocenters. The minimum absolute atomic E-state index is 0.0812. The zero-order chi connectivity index (χ0) is 14.4. The Kier molecular flexibility index (Phi) is 3.29. The molecule has 0 aromatic heterocycles. The molecule has 3 rings (SSSR count). The van der Waals surface area contributed by atoms with Gasteiger partial charge in [0.25, 0.3) is 0 Å². The van der Waals surface area contributed by atoms with Crippen molar-refractivity contribution in [2.24, 2.45) is 0 Å². The molecule has 1 heterocycles. The number of phenolic OH excluding ortho intramolecular Hbond substituents is 1. The fourth-order valence-corrected chi connectivity index (χ4v) is 3.60. The van der Waals surface area contributed by atoms with Gasteiger partial charge < -0.3 is 10.0 Å². The second kappa shape index (κ2) is 4.85. The molecule has 20 heavy (non-hydrogen) atoms. The van der Waals surface area contributed by atoms with Gasteiger partial charge in [-0.05, 0) is 37.3 Å². The number of benzene rings is 2. The Morgan fingerprint density at radius 3 is 2.85 bits per heavy atom. The standard InChI is InChI=1S/C17H20ClNO/c1-4-19-9-13(11(3)18)17-14(19)8-15(20)12-7-5-6-10(2)16(12)17/h5-8,11,13,20H,4,9H2,1-3H3/t11-,13+/m1/s1. The van der Waals surface area contributed by atoms with Gasteiger partial charge in [-0.3, -0.25) is 0 Å². The molecule has 0 amide bonds. The molecular weight excluding hydrogens is 270 g/mol. The molecule has 0 saturated carbocycles. The van der Waals surface area contributed by atoms with Gasteiger partial charge in [-0.25, -0.2) is 0 Å². The highest BCUT2D eigenvalue weighted by Crippen LogP contribution is 2.47. The van der Waals surface area contributed by atoms with Gasteiger partial charge in [-0.1, -0.05) is 18.2 Å². The Morgan fingerprint density at radius 2 is 2.20 bits per heavy atom. The number of hydrogen-bond donors (Lipinski definition) is 1. The maximum Gasteiger partial charge on any atom is 0.125 e. The van der Waals surface area contributed by atoms with Gasteiger partial charge in [0.15, 0.2) is 0 Å². The van der Waals surface area contributed by atoms with Crippen LogP contribution in [0.15, 0.2) is 24.3 Å². The van der Waals surface area contributed by atoms with Crippen LogP contribution in [0.4, 0.5) is 5.69 Å². The Labute approximate surface area is 125 Å². The van der Waals surface area contributed by atoms with Crippen LogP contribution in [0.1, 0.15) is 30.9 Å². The van der Waals surface area contributed by atoms with Crippen molar-refractivity contribution in [3.63, 3.8) is 0 Å². The van der Waals surface area contributed by atoms with Crippen molar-refractivity contribution in [2.45, 2.75) is 32.1 Å². The van der Waals surface area contributed by atoms with Gasteiger partial charge in [0.05, 0.1) is 0 Å². The highest BCUT2D eigenvalue weighted by Gasteiger charge is 2.33. The number of aromatic hydroxyl groups is 1. The van der Waals surface area contributed by atoms with Crippen LogP contribution < -0.4 is 4.90 Å². The smallest absolute Gasteiger partial charge is 0.125 e. The molecule has 0 unspecified atom stereocenters. The monoisotopic (exact) mass is 289 g/mol. The van der Waals surface area contributed by atoms with Gasteiger partial charge in [0, 0.05) is 41.5 Å². The normalized spacial score (nSPS) is 19.4. The van der Waals surface area contributed by atoms with E-state index in [1.165, 1.54) is 16.5 Å². The first-order chi connectivity index (χ1) is 9.54. The minimum Gasteiger partial charge on any atom is -0.507 e. The second-order valence-corrected chi connectivity index (χ2v) is 6.34. The van der Waals surface area contributed by atoms with Gasteiger partial charge in [0.2, 0.25) is 0 Å². The molecule has 1 aliphatic rings. The van der Waals surface area contributed by atoms with Crippen LogP contribution in [0.5, 0.6) is 5.75 Å².